The maximum absolute atomic E-state index is 12.8. The second-order valence-corrected chi connectivity index (χ2v) is 7.57. The fourth-order valence-corrected chi connectivity index (χ4v) is 4.17. The van der Waals surface area contributed by atoms with Gasteiger partial charge < -0.3 is 10.6 Å². The van der Waals surface area contributed by atoms with Crippen LogP contribution in [0.15, 0.2) is 23.1 Å². The third-order valence-electron chi connectivity index (χ3n) is 4.11. The van der Waals surface area contributed by atoms with Gasteiger partial charge >= 0.3 is 0 Å². The number of sulfonamides is 1. The number of benzene rings is 1. The molecule has 1 heterocycles. The molecule has 0 unspecified atom stereocenters. The molecule has 118 valence electrons. The van der Waals surface area contributed by atoms with Crippen LogP contribution >= 0.6 is 0 Å². The van der Waals surface area contributed by atoms with E-state index in [-0.39, 0.29) is 0 Å². The molecule has 2 rings (SSSR count). The van der Waals surface area contributed by atoms with Crippen LogP contribution in [0.5, 0.6) is 0 Å². The van der Waals surface area contributed by atoms with E-state index in [9.17, 15) is 8.42 Å². The van der Waals surface area contributed by atoms with Crippen LogP contribution in [0.4, 0.5) is 0 Å². The summed E-state index contributed by atoms with van der Waals surface area (Å²) in [4.78, 5) is 2.63. The molecule has 0 bridgehead atoms. The summed E-state index contributed by atoms with van der Waals surface area (Å²) in [6.45, 7) is 8.16. The molecule has 6 heteroatoms. The minimum atomic E-state index is -3.39. The highest BCUT2D eigenvalue weighted by atomic mass is 32.2. The van der Waals surface area contributed by atoms with Gasteiger partial charge in [0.05, 0.1) is 4.90 Å². The summed E-state index contributed by atoms with van der Waals surface area (Å²) in [5.74, 6) is 0. The number of rotatable bonds is 4. The number of aryl methyl sites for hydroxylation is 2. The predicted molar refractivity (Wildman–Crippen MR) is 84.8 cm³/mol. The van der Waals surface area contributed by atoms with Crippen LogP contribution < -0.4 is 5.73 Å². The van der Waals surface area contributed by atoms with Crippen LogP contribution in [-0.2, 0) is 10.0 Å². The lowest BCUT2D eigenvalue weighted by atomic mass is 10.1. The average molecular weight is 311 g/mol. The summed E-state index contributed by atoms with van der Waals surface area (Å²) in [6.07, 6.45) is 0.851. The van der Waals surface area contributed by atoms with Crippen molar-refractivity contribution in [3.8, 4) is 0 Å². The van der Waals surface area contributed by atoms with E-state index in [0.717, 1.165) is 37.2 Å². The summed E-state index contributed by atoms with van der Waals surface area (Å²) < 4.78 is 27.1. The SMILES string of the molecule is Cc1ccc(S(=O)(=O)N2CCCN(CCN)CC2)cc1C. The maximum Gasteiger partial charge on any atom is 0.243 e. The normalized spacial score (nSPS) is 18.6. The van der Waals surface area contributed by atoms with E-state index in [0.29, 0.717) is 24.5 Å². The van der Waals surface area contributed by atoms with E-state index in [4.69, 9.17) is 5.73 Å². The number of nitrogens with two attached hydrogens (primary N) is 1. The first kappa shape index (κ1) is 16.4. The molecule has 1 aliphatic heterocycles. The lowest BCUT2D eigenvalue weighted by Crippen LogP contribution is -2.36. The summed E-state index contributed by atoms with van der Waals surface area (Å²) in [7, 11) is -3.39. The second kappa shape index (κ2) is 6.87. The Morgan fingerprint density at radius 2 is 1.86 bits per heavy atom. The molecule has 1 aromatic rings. The lowest BCUT2D eigenvalue weighted by molar-refractivity contribution is 0.294. The molecule has 5 nitrogen and oxygen atoms in total. The van der Waals surface area contributed by atoms with Gasteiger partial charge in [0.2, 0.25) is 10.0 Å². The van der Waals surface area contributed by atoms with Crippen molar-refractivity contribution in [2.45, 2.75) is 25.2 Å². The van der Waals surface area contributed by atoms with Crippen molar-refractivity contribution in [1.82, 2.24) is 9.21 Å². The zero-order chi connectivity index (χ0) is 15.5. The van der Waals surface area contributed by atoms with Gasteiger partial charge in [0, 0.05) is 32.7 Å². The largest absolute Gasteiger partial charge is 0.329 e. The molecule has 0 aliphatic carbocycles. The highest BCUT2D eigenvalue weighted by Gasteiger charge is 2.26. The molecule has 0 amide bonds. The monoisotopic (exact) mass is 311 g/mol. The van der Waals surface area contributed by atoms with Gasteiger partial charge in [-0.3, -0.25) is 0 Å². The first-order chi connectivity index (χ1) is 9.95. The number of hydrogen-bond donors (Lipinski definition) is 1. The van der Waals surface area contributed by atoms with Gasteiger partial charge in [-0.15, -0.1) is 0 Å². The van der Waals surface area contributed by atoms with Gasteiger partial charge in [0.15, 0.2) is 0 Å². The zero-order valence-electron chi connectivity index (χ0n) is 12.9. The molecule has 0 saturated carbocycles. The lowest BCUT2D eigenvalue weighted by Gasteiger charge is -2.21. The average Bonchev–Trinajstić information content (AvgIpc) is 2.68. The third kappa shape index (κ3) is 3.83. The van der Waals surface area contributed by atoms with E-state index >= 15 is 0 Å². The highest BCUT2D eigenvalue weighted by Crippen LogP contribution is 2.20. The van der Waals surface area contributed by atoms with Crippen LogP contribution in [0.1, 0.15) is 17.5 Å². The van der Waals surface area contributed by atoms with Gasteiger partial charge in [-0.05, 0) is 50.1 Å². The van der Waals surface area contributed by atoms with Crippen molar-refractivity contribution < 1.29 is 8.42 Å². The van der Waals surface area contributed by atoms with Crippen molar-refractivity contribution in [2.75, 3.05) is 39.3 Å². The van der Waals surface area contributed by atoms with E-state index in [2.05, 4.69) is 4.90 Å². The molecule has 0 aromatic heterocycles. The molecule has 0 radical (unpaired) electrons. The van der Waals surface area contributed by atoms with Crippen LogP contribution in [0.2, 0.25) is 0 Å². The minimum absolute atomic E-state index is 0.401. The number of nitrogens with zero attached hydrogens (tertiary/aromatic N) is 2. The maximum atomic E-state index is 12.8. The molecule has 1 saturated heterocycles. The highest BCUT2D eigenvalue weighted by molar-refractivity contribution is 7.89. The van der Waals surface area contributed by atoms with Crippen molar-refractivity contribution in [3.05, 3.63) is 29.3 Å². The Labute approximate surface area is 127 Å². The minimum Gasteiger partial charge on any atom is -0.329 e. The Morgan fingerprint density at radius 1 is 1.10 bits per heavy atom. The summed E-state index contributed by atoms with van der Waals surface area (Å²) >= 11 is 0. The Hall–Kier alpha value is -0.950. The first-order valence-corrected chi connectivity index (χ1v) is 8.89. The molecule has 21 heavy (non-hydrogen) atoms. The summed E-state index contributed by atoms with van der Waals surface area (Å²) in [6, 6.07) is 5.36. The quantitative estimate of drug-likeness (QED) is 0.899. The van der Waals surface area contributed by atoms with Crippen LogP contribution in [0, 0.1) is 13.8 Å². The standard InChI is InChI=1S/C15H25N3O2S/c1-13-4-5-15(12-14(13)2)21(19,20)18-8-3-7-17(9-6-16)10-11-18/h4-5,12H,3,6-11,16H2,1-2H3. The predicted octanol–water partition coefficient (Wildman–Crippen LogP) is 0.959. The Kier molecular flexibility index (Phi) is 5.37. The van der Waals surface area contributed by atoms with Crippen molar-refractivity contribution >= 4 is 10.0 Å². The molecular weight excluding hydrogens is 286 g/mol. The fourth-order valence-electron chi connectivity index (χ4n) is 2.62. The summed E-state index contributed by atoms with van der Waals surface area (Å²) in [5, 5.41) is 0. The van der Waals surface area contributed by atoms with E-state index in [1.165, 1.54) is 0 Å². The zero-order valence-corrected chi connectivity index (χ0v) is 13.7. The molecule has 0 spiro atoms. The molecule has 1 aromatic carbocycles. The molecular formula is C15H25N3O2S. The van der Waals surface area contributed by atoms with Gasteiger partial charge in [0.1, 0.15) is 0 Å². The third-order valence-corrected chi connectivity index (χ3v) is 6.00. The first-order valence-electron chi connectivity index (χ1n) is 7.45. The number of hydrogen-bond acceptors (Lipinski definition) is 4. The Balaban J connectivity index is 2.17. The van der Waals surface area contributed by atoms with E-state index < -0.39 is 10.0 Å². The molecule has 2 N–H and O–H groups in total. The van der Waals surface area contributed by atoms with Crippen molar-refractivity contribution in [1.29, 1.82) is 0 Å². The van der Waals surface area contributed by atoms with Crippen molar-refractivity contribution in [3.63, 3.8) is 0 Å². The van der Waals surface area contributed by atoms with Crippen LogP contribution in [-0.4, -0.2) is 56.9 Å². The molecule has 1 aliphatic rings. The van der Waals surface area contributed by atoms with Gasteiger partial charge in [-0.25, -0.2) is 8.42 Å². The van der Waals surface area contributed by atoms with Gasteiger partial charge in [-0.1, -0.05) is 6.07 Å². The van der Waals surface area contributed by atoms with E-state index in [1.54, 1.807) is 16.4 Å². The summed E-state index contributed by atoms with van der Waals surface area (Å²) in [5.41, 5.74) is 7.70. The smallest absolute Gasteiger partial charge is 0.243 e. The Morgan fingerprint density at radius 3 is 2.52 bits per heavy atom. The van der Waals surface area contributed by atoms with Crippen LogP contribution in [0.3, 0.4) is 0 Å². The van der Waals surface area contributed by atoms with Crippen LogP contribution in [0.25, 0.3) is 0 Å². The van der Waals surface area contributed by atoms with E-state index in [1.807, 2.05) is 19.9 Å². The fraction of sp³-hybridized carbons (Fsp3) is 0.600. The molecule has 0 atom stereocenters. The van der Waals surface area contributed by atoms with Gasteiger partial charge in [-0.2, -0.15) is 4.31 Å². The second-order valence-electron chi connectivity index (χ2n) is 5.63. The topological polar surface area (TPSA) is 66.6 Å². The van der Waals surface area contributed by atoms with Crippen molar-refractivity contribution in [2.24, 2.45) is 5.73 Å². The van der Waals surface area contributed by atoms with Gasteiger partial charge in [0.25, 0.3) is 0 Å². The Bertz CT molecular complexity index is 587. The molecule has 1 fully saturated rings.